The van der Waals surface area contributed by atoms with E-state index in [9.17, 15) is 9.59 Å². The van der Waals surface area contributed by atoms with Crippen LogP contribution < -0.4 is 15.0 Å². The Hall–Kier alpha value is -3.61. The van der Waals surface area contributed by atoms with E-state index in [1.54, 1.807) is 23.1 Å². The molecule has 0 atom stereocenters. The number of aryl methyl sites for hydroxylation is 1. The second-order valence-electron chi connectivity index (χ2n) is 7.40. The second-order valence-corrected chi connectivity index (χ2v) is 7.40. The molecule has 1 aromatic heterocycles. The average Bonchev–Trinajstić information content (AvgIpc) is 2.82. The van der Waals surface area contributed by atoms with Crippen LogP contribution in [0.1, 0.15) is 34.1 Å². The van der Waals surface area contributed by atoms with Crippen molar-refractivity contribution in [1.82, 2.24) is 14.9 Å². The predicted molar refractivity (Wildman–Crippen MR) is 118 cm³/mol. The van der Waals surface area contributed by atoms with Gasteiger partial charge in [-0.2, -0.15) is 0 Å². The van der Waals surface area contributed by atoms with Crippen molar-refractivity contribution in [1.29, 1.82) is 0 Å². The lowest BCUT2D eigenvalue weighted by Crippen LogP contribution is -2.39. The molecule has 1 aliphatic heterocycles. The Kier molecular flexibility index (Phi) is 5.75. The Labute approximate surface area is 180 Å². The number of benzene rings is 2. The van der Waals surface area contributed by atoms with Gasteiger partial charge in [-0.1, -0.05) is 37.3 Å². The molecular formula is C24H25N3O4. The molecule has 0 unspecified atom stereocenters. The number of nitrogens with zero attached hydrogens (tertiary/aromatic N) is 2. The monoisotopic (exact) mass is 419 g/mol. The van der Waals surface area contributed by atoms with E-state index in [-0.39, 0.29) is 18.0 Å². The van der Waals surface area contributed by atoms with Crippen molar-refractivity contribution < 1.29 is 14.3 Å². The largest absolute Gasteiger partial charge is 0.496 e. The van der Waals surface area contributed by atoms with Crippen LogP contribution in [-0.2, 0) is 19.4 Å². The SMILES string of the molecule is CCc1ccc(-c2nc3c(c(=O)[nH]2)CN(C(=O)c2c(OC)cccc2OC)CC3)cc1. The van der Waals surface area contributed by atoms with Gasteiger partial charge in [0.1, 0.15) is 22.9 Å². The first-order valence-corrected chi connectivity index (χ1v) is 10.3. The molecule has 0 aliphatic carbocycles. The van der Waals surface area contributed by atoms with Crippen molar-refractivity contribution in [3.63, 3.8) is 0 Å². The van der Waals surface area contributed by atoms with Crippen LogP contribution >= 0.6 is 0 Å². The van der Waals surface area contributed by atoms with E-state index in [2.05, 4.69) is 11.9 Å². The van der Waals surface area contributed by atoms with Crippen LogP contribution in [0.25, 0.3) is 11.4 Å². The van der Waals surface area contributed by atoms with Crippen molar-refractivity contribution in [2.45, 2.75) is 26.3 Å². The molecule has 2 aromatic carbocycles. The number of aromatic amines is 1. The summed E-state index contributed by atoms with van der Waals surface area (Å²) < 4.78 is 10.7. The highest BCUT2D eigenvalue weighted by atomic mass is 16.5. The van der Waals surface area contributed by atoms with Crippen LogP contribution in [0.3, 0.4) is 0 Å². The van der Waals surface area contributed by atoms with Gasteiger partial charge < -0.3 is 19.4 Å². The summed E-state index contributed by atoms with van der Waals surface area (Å²) in [5.74, 6) is 1.19. The van der Waals surface area contributed by atoms with Gasteiger partial charge in [0.25, 0.3) is 11.5 Å². The fourth-order valence-corrected chi connectivity index (χ4v) is 3.85. The zero-order valence-corrected chi connectivity index (χ0v) is 17.9. The third kappa shape index (κ3) is 3.91. The molecule has 0 bridgehead atoms. The topological polar surface area (TPSA) is 84.5 Å². The molecular weight excluding hydrogens is 394 g/mol. The quantitative estimate of drug-likeness (QED) is 0.687. The van der Waals surface area contributed by atoms with E-state index in [4.69, 9.17) is 14.5 Å². The first-order valence-electron chi connectivity index (χ1n) is 10.3. The molecule has 7 heteroatoms. The van der Waals surface area contributed by atoms with E-state index < -0.39 is 0 Å². The number of hydrogen-bond donors (Lipinski definition) is 1. The third-order valence-electron chi connectivity index (χ3n) is 5.63. The summed E-state index contributed by atoms with van der Waals surface area (Å²) in [7, 11) is 3.03. The van der Waals surface area contributed by atoms with Crippen molar-refractivity contribution >= 4 is 5.91 Å². The molecule has 1 amide bonds. The number of carbonyl (C=O) groups excluding carboxylic acids is 1. The van der Waals surface area contributed by atoms with Crippen LogP contribution in [0, 0.1) is 0 Å². The van der Waals surface area contributed by atoms with E-state index >= 15 is 0 Å². The maximum Gasteiger partial charge on any atom is 0.261 e. The summed E-state index contributed by atoms with van der Waals surface area (Å²) in [4.78, 5) is 35.3. The predicted octanol–water partition coefficient (Wildman–Crippen LogP) is 3.22. The number of rotatable bonds is 5. The Morgan fingerprint density at radius 1 is 1.10 bits per heavy atom. The fraction of sp³-hybridized carbons (Fsp3) is 0.292. The number of methoxy groups -OCH3 is 2. The lowest BCUT2D eigenvalue weighted by molar-refractivity contribution is 0.0725. The average molecular weight is 419 g/mol. The highest BCUT2D eigenvalue weighted by Crippen LogP contribution is 2.31. The summed E-state index contributed by atoms with van der Waals surface area (Å²) in [6.45, 7) is 2.74. The Morgan fingerprint density at radius 2 is 1.77 bits per heavy atom. The Morgan fingerprint density at radius 3 is 2.39 bits per heavy atom. The standard InChI is InChI=1S/C24H25N3O4/c1-4-15-8-10-16(11-9-15)22-25-18-12-13-27(14-17(18)23(28)26-22)24(29)21-19(30-2)6-5-7-20(21)31-3/h5-11H,4,12-14H2,1-3H3,(H,25,26,28). The number of amides is 1. The summed E-state index contributed by atoms with van der Waals surface area (Å²) in [6, 6.07) is 13.2. The second kappa shape index (κ2) is 8.63. The molecule has 0 fully saturated rings. The minimum atomic E-state index is -0.237. The zero-order chi connectivity index (χ0) is 22.0. The highest BCUT2D eigenvalue weighted by Gasteiger charge is 2.29. The summed E-state index contributed by atoms with van der Waals surface area (Å²) >= 11 is 0. The molecule has 160 valence electrons. The summed E-state index contributed by atoms with van der Waals surface area (Å²) in [5, 5.41) is 0. The minimum absolute atomic E-state index is 0.187. The molecule has 7 nitrogen and oxygen atoms in total. The van der Waals surface area contributed by atoms with Crippen molar-refractivity contribution in [2.24, 2.45) is 0 Å². The maximum atomic E-state index is 13.3. The number of carbonyl (C=O) groups is 1. The number of H-pyrrole nitrogens is 1. The van der Waals surface area contributed by atoms with E-state index in [1.807, 2.05) is 24.3 Å². The van der Waals surface area contributed by atoms with Gasteiger partial charge in [-0.15, -0.1) is 0 Å². The Balaban J connectivity index is 1.64. The van der Waals surface area contributed by atoms with E-state index in [1.165, 1.54) is 19.8 Å². The molecule has 3 aromatic rings. The zero-order valence-electron chi connectivity index (χ0n) is 17.9. The number of fused-ring (bicyclic) bond motifs is 1. The molecule has 4 rings (SSSR count). The van der Waals surface area contributed by atoms with E-state index in [0.29, 0.717) is 41.4 Å². The molecule has 1 N–H and O–H groups in total. The van der Waals surface area contributed by atoms with Crippen molar-refractivity contribution in [3.8, 4) is 22.9 Å². The molecule has 0 saturated heterocycles. The molecule has 0 radical (unpaired) electrons. The third-order valence-corrected chi connectivity index (χ3v) is 5.63. The molecule has 0 spiro atoms. The molecule has 2 heterocycles. The van der Waals surface area contributed by atoms with Crippen molar-refractivity contribution in [2.75, 3.05) is 20.8 Å². The van der Waals surface area contributed by atoms with Gasteiger partial charge in [0.2, 0.25) is 0 Å². The van der Waals surface area contributed by atoms with Gasteiger partial charge in [-0.05, 0) is 24.1 Å². The number of aromatic nitrogens is 2. The molecule has 0 saturated carbocycles. The molecule has 31 heavy (non-hydrogen) atoms. The van der Waals surface area contributed by atoms with Gasteiger partial charge in [0.15, 0.2) is 0 Å². The van der Waals surface area contributed by atoms with Gasteiger partial charge in [0, 0.05) is 18.5 Å². The van der Waals surface area contributed by atoms with E-state index in [0.717, 1.165) is 17.7 Å². The lowest BCUT2D eigenvalue weighted by Gasteiger charge is -2.29. The Bertz CT molecular complexity index is 1150. The normalized spacial score (nSPS) is 12.9. The number of ether oxygens (including phenoxy) is 2. The highest BCUT2D eigenvalue weighted by molar-refractivity contribution is 5.99. The van der Waals surface area contributed by atoms with Crippen molar-refractivity contribution in [3.05, 3.63) is 75.2 Å². The number of hydrogen-bond acceptors (Lipinski definition) is 5. The van der Waals surface area contributed by atoms with Crippen LogP contribution in [-0.4, -0.2) is 41.5 Å². The summed E-state index contributed by atoms with van der Waals surface area (Å²) in [5.41, 5.74) is 3.48. The molecule has 1 aliphatic rings. The van der Waals surface area contributed by atoms with Crippen LogP contribution in [0.15, 0.2) is 47.3 Å². The van der Waals surface area contributed by atoms with Gasteiger partial charge in [-0.3, -0.25) is 9.59 Å². The van der Waals surface area contributed by atoms with Crippen LogP contribution in [0.4, 0.5) is 0 Å². The minimum Gasteiger partial charge on any atom is -0.496 e. The smallest absolute Gasteiger partial charge is 0.261 e. The van der Waals surface area contributed by atoms with Crippen LogP contribution in [0.5, 0.6) is 11.5 Å². The van der Waals surface area contributed by atoms with Gasteiger partial charge >= 0.3 is 0 Å². The van der Waals surface area contributed by atoms with Crippen LogP contribution in [0.2, 0.25) is 0 Å². The maximum absolute atomic E-state index is 13.3. The summed E-state index contributed by atoms with van der Waals surface area (Å²) in [6.07, 6.45) is 1.46. The van der Waals surface area contributed by atoms with Gasteiger partial charge in [-0.25, -0.2) is 4.98 Å². The first kappa shape index (κ1) is 20.7. The first-order chi connectivity index (χ1) is 15.0. The van der Waals surface area contributed by atoms with Gasteiger partial charge in [0.05, 0.1) is 32.0 Å². The number of nitrogens with one attached hydrogen (secondary N) is 1. The lowest BCUT2D eigenvalue weighted by atomic mass is 10.0. The fourth-order valence-electron chi connectivity index (χ4n) is 3.85.